The number of carbonyl (C=O) groups is 2. The molecule has 6 nitrogen and oxygen atoms in total. The van der Waals surface area contributed by atoms with Gasteiger partial charge in [-0.05, 0) is 18.1 Å². The van der Waals surface area contributed by atoms with E-state index in [2.05, 4.69) is 13.8 Å². The summed E-state index contributed by atoms with van der Waals surface area (Å²) in [6.45, 7) is 7.63. The fourth-order valence-electron chi connectivity index (χ4n) is 2.44. The summed E-state index contributed by atoms with van der Waals surface area (Å²) in [5, 5.41) is 0. The lowest BCUT2D eigenvalue weighted by atomic mass is 10.1. The Bertz CT molecular complexity index is 540. The quantitative estimate of drug-likeness (QED) is 0.428. The number of hydrogen-bond donors (Lipinski definition) is 0. The van der Waals surface area contributed by atoms with Gasteiger partial charge in [0.15, 0.2) is 0 Å². The van der Waals surface area contributed by atoms with Gasteiger partial charge in [0, 0.05) is 6.61 Å². The Balaban J connectivity index is 1.52. The molecule has 1 aliphatic heterocycles. The molecule has 0 saturated carbocycles. The van der Waals surface area contributed by atoms with Crippen LogP contribution in [0.4, 0.5) is 0 Å². The van der Waals surface area contributed by atoms with Crippen LogP contribution in [0.1, 0.15) is 41.0 Å². The van der Waals surface area contributed by atoms with Crippen molar-refractivity contribution in [3.05, 3.63) is 35.4 Å². The molecule has 1 aromatic carbocycles. The Kier molecular flexibility index (Phi) is 8.04. The predicted molar refractivity (Wildman–Crippen MR) is 93.7 cm³/mol. The molecule has 138 valence electrons. The van der Waals surface area contributed by atoms with Crippen LogP contribution in [0.2, 0.25) is 0 Å². The number of hydrogen-bond acceptors (Lipinski definition) is 5. The Morgan fingerprint density at radius 3 is 1.96 bits per heavy atom. The molecule has 0 aromatic heterocycles. The molecule has 0 aliphatic carbocycles. The van der Waals surface area contributed by atoms with E-state index >= 15 is 0 Å². The van der Waals surface area contributed by atoms with Crippen molar-refractivity contribution in [2.24, 2.45) is 5.92 Å². The van der Waals surface area contributed by atoms with E-state index in [4.69, 9.17) is 14.2 Å². The lowest BCUT2D eigenvalue weighted by Crippen LogP contribution is -2.33. The zero-order chi connectivity index (χ0) is 18.1. The summed E-state index contributed by atoms with van der Waals surface area (Å²) < 4.78 is 16.3. The van der Waals surface area contributed by atoms with E-state index in [1.165, 1.54) is 4.90 Å². The van der Waals surface area contributed by atoms with E-state index in [0.29, 0.717) is 50.1 Å². The van der Waals surface area contributed by atoms with Crippen LogP contribution in [-0.4, -0.2) is 62.9 Å². The van der Waals surface area contributed by atoms with Crippen LogP contribution >= 0.6 is 0 Å². The lowest BCUT2D eigenvalue weighted by molar-refractivity contribution is 0.00572. The van der Waals surface area contributed by atoms with Crippen molar-refractivity contribution in [3.8, 4) is 0 Å². The minimum Gasteiger partial charge on any atom is -0.379 e. The first kappa shape index (κ1) is 19.6. The maximum Gasteiger partial charge on any atom is 0.261 e. The van der Waals surface area contributed by atoms with Gasteiger partial charge in [0.05, 0.1) is 50.7 Å². The summed E-state index contributed by atoms with van der Waals surface area (Å²) in [7, 11) is 0. The van der Waals surface area contributed by atoms with Crippen LogP contribution in [-0.2, 0) is 14.2 Å². The van der Waals surface area contributed by atoms with Crippen LogP contribution in [0.5, 0.6) is 0 Å². The van der Waals surface area contributed by atoms with E-state index in [1.807, 2.05) is 0 Å². The van der Waals surface area contributed by atoms with Gasteiger partial charge < -0.3 is 14.2 Å². The molecule has 2 amide bonds. The van der Waals surface area contributed by atoms with Crippen molar-refractivity contribution in [1.82, 2.24) is 4.90 Å². The fourth-order valence-corrected chi connectivity index (χ4v) is 2.44. The van der Waals surface area contributed by atoms with E-state index in [0.717, 1.165) is 13.0 Å². The second-order valence-electron chi connectivity index (χ2n) is 6.12. The number of nitrogens with zero attached hydrogens (tertiary/aromatic N) is 1. The highest BCUT2D eigenvalue weighted by Gasteiger charge is 2.34. The van der Waals surface area contributed by atoms with Gasteiger partial charge in [-0.3, -0.25) is 14.5 Å². The van der Waals surface area contributed by atoms with Crippen molar-refractivity contribution in [1.29, 1.82) is 0 Å². The van der Waals surface area contributed by atoms with E-state index in [9.17, 15) is 9.59 Å². The van der Waals surface area contributed by atoms with Gasteiger partial charge in [-0.2, -0.15) is 0 Å². The minimum atomic E-state index is -0.251. The molecule has 1 aliphatic rings. The van der Waals surface area contributed by atoms with Gasteiger partial charge in [0.25, 0.3) is 11.8 Å². The number of amides is 2. The third-order valence-electron chi connectivity index (χ3n) is 4.18. The molecule has 1 unspecified atom stereocenters. The molecule has 2 rings (SSSR count). The average Bonchev–Trinajstić information content (AvgIpc) is 2.88. The van der Waals surface area contributed by atoms with E-state index in [-0.39, 0.29) is 18.4 Å². The van der Waals surface area contributed by atoms with Crippen LogP contribution in [0.3, 0.4) is 0 Å². The molecular formula is C19H27NO5. The SMILES string of the molecule is CCC(C)COCCOCCOCCN1C(=O)c2ccccc2C1=O. The van der Waals surface area contributed by atoms with Crippen molar-refractivity contribution in [2.75, 3.05) is 46.2 Å². The number of benzene rings is 1. The van der Waals surface area contributed by atoms with Crippen LogP contribution in [0.25, 0.3) is 0 Å². The standard InChI is InChI=1S/C19H27NO5/c1-3-15(2)14-25-13-12-24-11-10-23-9-8-20-18(21)16-6-4-5-7-17(16)19(20)22/h4-7,15H,3,8-14H2,1-2H3. The van der Waals surface area contributed by atoms with E-state index in [1.54, 1.807) is 24.3 Å². The topological polar surface area (TPSA) is 65.1 Å². The van der Waals surface area contributed by atoms with Gasteiger partial charge in [-0.15, -0.1) is 0 Å². The molecule has 1 aromatic rings. The zero-order valence-corrected chi connectivity index (χ0v) is 15.0. The molecule has 1 atom stereocenters. The highest BCUT2D eigenvalue weighted by atomic mass is 16.5. The Labute approximate surface area is 149 Å². The number of ether oxygens (including phenoxy) is 3. The summed E-state index contributed by atoms with van der Waals surface area (Å²) in [4.78, 5) is 25.5. The van der Waals surface area contributed by atoms with Crippen LogP contribution in [0.15, 0.2) is 24.3 Å². The summed E-state index contributed by atoms with van der Waals surface area (Å²) in [5.74, 6) is 0.0725. The molecule has 0 fully saturated rings. The molecule has 0 saturated heterocycles. The van der Waals surface area contributed by atoms with Crippen LogP contribution < -0.4 is 0 Å². The molecule has 0 N–H and O–H groups in total. The average molecular weight is 349 g/mol. The van der Waals surface area contributed by atoms with Crippen molar-refractivity contribution in [2.45, 2.75) is 20.3 Å². The van der Waals surface area contributed by atoms with Gasteiger partial charge >= 0.3 is 0 Å². The van der Waals surface area contributed by atoms with Crippen LogP contribution in [0, 0.1) is 5.92 Å². The number of rotatable bonds is 12. The zero-order valence-electron chi connectivity index (χ0n) is 15.0. The monoisotopic (exact) mass is 349 g/mol. The fraction of sp³-hybridized carbons (Fsp3) is 0.579. The van der Waals surface area contributed by atoms with Gasteiger partial charge in [-0.25, -0.2) is 0 Å². The third kappa shape index (κ3) is 5.63. The maximum atomic E-state index is 12.2. The second kappa shape index (κ2) is 10.3. The molecule has 0 radical (unpaired) electrons. The summed E-state index contributed by atoms with van der Waals surface area (Å²) >= 11 is 0. The Hall–Kier alpha value is -1.76. The first-order chi connectivity index (χ1) is 12.1. The van der Waals surface area contributed by atoms with E-state index < -0.39 is 0 Å². The van der Waals surface area contributed by atoms with Crippen molar-refractivity contribution in [3.63, 3.8) is 0 Å². The summed E-state index contributed by atoms with van der Waals surface area (Å²) in [5.41, 5.74) is 0.932. The van der Waals surface area contributed by atoms with Crippen molar-refractivity contribution >= 4 is 11.8 Å². The first-order valence-corrected chi connectivity index (χ1v) is 8.83. The summed E-state index contributed by atoms with van der Waals surface area (Å²) in [6.07, 6.45) is 1.11. The maximum absolute atomic E-state index is 12.2. The number of carbonyl (C=O) groups excluding carboxylic acids is 2. The molecule has 0 spiro atoms. The highest BCUT2D eigenvalue weighted by Crippen LogP contribution is 2.21. The normalized spacial score (nSPS) is 14.9. The molecular weight excluding hydrogens is 322 g/mol. The molecule has 0 bridgehead atoms. The predicted octanol–water partition coefficient (Wildman–Crippen LogP) is 2.38. The molecule has 1 heterocycles. The number of fused-ring (bicyclic) bond motifs is 1. The molecule has 6 heteroatoms. The second-order valence-corrected chi connectivity index (χ2v) is 6.12. The third-order valence-corrected chi connectivity index (χ3v) is 4.18. The Morgan fingerprint density at radius 2 is 1.40 bits per heavy atom. The molecule has 25 heavy (non-hydrogen) atoms. The number of imide groups is 1. The smallest absolute Gasteiger partial charge is 0.261 e. The summed E-state index contributed by atoms with van der Waals surface area (Å²) in [6, 6.07) is 6.86. The van der Waals surface area contributed by atoms with Gasteiger partial charge in [-0.1, -0.05) is 32.4 Å². The van der Waals surface area contributed by atoms with Crippen molar-refractivity contribution < 1.29 is 23.8 Å². The Morgan fingerprint density at radius 1 is 0.880 bits per heavy atom. The van der Waals surface area contributed by atoms with Gasteiger partial charge in [0.2, 0.25) is 0 Å². The largest absolute Gasteiger partial charge is 0.379 e. The lowest BCUT2D eigenvalue weighted by Gasteiger charge is -2.14. The highest BCUT2D eigenvalue weighted by molar-refractivity contribution is 6.21. The van der Waals surface area contributed by atoms with Gasteiger partial charge in [0.1, 0.15) is 0 Å². The first-order valence-electron chi connectivity index (χ1n) is 8.83. The minimum absolute atomic E-state index is 0.251.